The van der Waals surface area contributed by atoms with Crippen molar-refractivity contribution in [2.75, 3.05) is 7.11 Å². The van der Waals surface area contributed by atoms with Gasteiger partial charge in [-0.25, -0.2) is 4.79 Å². The molecule has 5 rings (SSSR count). The summed E-state index contributed by atoms with van der Waals surface area (Å²) in [6.07, 6.45) is 5.45. The molecule has 1 N–H and O–H groups in total. The quantitative estimate of drug-likeness (QED) is 0.302. The summed E-state index contributed by atoms with van der Waals surface area (Å²) >= 11 is 5.84. The lowest BCUT2D eigenvalue weighted by Gasteiger charge is -2.28. The smallest absolute Gasteiger partial charge is 0.337 e. The molecular formula is C28H27N5O2S. The molecule has 0 radical (unpaired) electrons. The van der Waals surface area contributed by atoms with Gasteiger partial charge in [0.15, 0.2) is 5.11 Å². The van der Waals surface area contributed by atoms with Gasteiger partial charge in [0.2, 0.25) is 0 Å². The Bertz CT molecular complexity index is 1400. The van der Waals surface area contributed by atoms with Gasteiger partial charge in [0.05, 0.1) is 30.5 Å². The van der Waals surface area contributed by atoms with Crippen LogP contribution in [0.3, 0.4) is 0 Å². The van der Waals surface area contributed by atoms with Crippen LogP contribution in [0.2, 0.25) is 0 Å². The molecule has 0 spiro atoms. The van der Waals surface area contributed by atoms with Gasteiger partial charge in [0.25, 0.3) is 0 Å². The van der Waals surface area contributed by atoms with Gasteiger partial charge < -0.3 is 19.5 Å². The molecule has 0 amide bonds. The van der Waals surface area contributed by atoms with Gasteiger partial charge in [0, 0.05) is 42.2 Å². The van der Waals surface area contributed by atoms with Crippen molar-refractivity contribution in [3.63, 3.8) is 0 Å². The van der Waals surface area contributed by atoms with Crippen LogP contribution >= 0.6 is 12.2 Å². The van der Waals surface area contributed by atoms with Gasteiger partial charge in [-0.2, -0.15) is 0 Å². The lowest BCUT2D eigenvalue weighted by Crippen LogP contribution is -2.29. The number of rotatable bonds is 6. The number of hydrogen-bond donors (Lipinski definition) is 1. The molecule has 0 saturated carbocycles. The number of carbonyl (C=O) groups is 1. The van der Waals surface area contributed by atoms with Crippen LogP contribution in [0.25, 0.3) is 5.69 Å². The number of hydrogen-bond acceptors (Lipinski definition) is 5. The van der Waals surface area contributed by atoms with Crippen LogP contribution in [0.15, 0.2) is 79.3 Å². The van der Waals surface area contributed by atoms with E-state index in [0.29, 0.717) is 17.2 Å². The highest BCUT2D eigenvalue weighted by molar-refractivity contribution is 7.80. The Hall–Kier alpha value is -4.04. The number of thiocarbonyl (C=S) groups is 1. The van der Waals surface area contributed by atoms with E-state index in [2.05, 4.69) is 50.7 Å². The molecule has 2 atom stereocenters. The number of nitrogens with zero attached hydrogens (tertiary/aromatic N) is 4. The van der Waals surface area contributed by atoms with Crippen molar-refractivity contribution in [3.05, 3.63) is 113 Å². The molecule has 3 aromatic heterocycles. The van der Waals surface area contributed by atoms with E-state index >= 15 is 0 Å². The molecule has 1 fully saturated rings. The minimum absolute atomic E-state index is 0.0867. The highest BCUT2D eigenvalue weighted by Gasteiger charge is 2.41. The van der Waals surface area contributed by atoms with Crippen LogP contribution in [0.5, 0.6) is 0 Å². The van der Waals surface area contributed by atoms with Crippen molar-refractivity contribution in [1.82, 2.24) is 24.8 Å². The molecule has 8 heteroatoms. The SMILES string of the molecule is COC(=O)c1cccc(-n2c(C)cc([C@@H]3[C@H](c4ccccn4)NC(=S)N3Cc3cccnc3)c2C)c1. The maximum Gasteiger partial charge on any atom is 0.337 e. The third kappa shape index (κ3) is 4.35. The third-order valence-corrected chi connectivity index (χ3v) is 6.94. The molecule has 0 aliphatic carbocycles. The molecule has 4 aromatic rings. The van der Waals surface area contributed by atoms with Crippen LogP contribution in [-0.4, -0.2) is 37.6 Å². The van der Waals surface area contributed by atoms with E-state index in [1.54, 1.807) is 12.3 Å². The van der Waals surface area contributed by atoms with Crippen LogP contribution in [0.4, 0.5) is 0 Å². The predicted molar refractivity (Wildman–Crippen MR) is 142 cm³/mol. The highest BCUT2D eigenvalue weighted by Crippen LogP contribution is 2.42. The highest BCUT2D eigenvalue weighted by atomic mass is 32.1. The molecule has 0 unspecified atom stereocenters. The molecule has 1 saturated heterocycles. The Morgan fingerprint density at radius 2 is 1.94 bits per heavy atom. The maximum atomic E-state index is 12.2. The largest absolute Gasteiger partial charge is 0.465 e. The average molecular weight is 498 g/mol. The van der Waals surface area contributed by atoms with Gasteiger partial charge in [-0.1, -0.05) is 18.2 Å². The number of aryl methyl sites for hydroxylation is 1. The molecule has 4 heterocycles. The Kier molecular flexibility index (Phi) is 6.52. The van der Waals surface area contributed by atoms with E-state index in [0.717, 1.165) is 33.9 Å². The maximum absolute atomic E-state index is 12.2. The minimum atomic E-state index is -0.359. The Labute approximate surface area is 215 Å². The second-order valence-corrected chi connectivity index (χ2v) is 9.21. The number of nitrogens with one attached hydrogen (secondary N) is 1. The summed E-state index contributed by atoms with van der Waals surface area (Å²) in [7, 11) is 1.39. The van der Waals surface area contributed by atoms with E-state index in [1.165, 1.54) is 7.11 Å². The molecule has 182 valence electrons. The van der Waals surface area contributed by atoms with Gasteiger partial charge in [-0.15, -0.1) is 0 Å². The minimum Gasteiger partial charge on any atom is -0.465 e. The zero-order valence-electron chi connectivity index (χ0n) is 20.4. The van der Waals surface area contributed by atoms with E-state index < -0.39 is 0 Å². The van der Waals surface area contributed by atoms with E-state index in [9.17, 15) is 4.79 Å². The van der Waals surface area contributed by atoms with Crippen LogP contribution in [0.1, 0.15) is 50.7 Å². The molecule has 0 bridgehead atoms. The summed E-state index contributed by atoms with van der Waals surface area (Å²) in [5.41, 5.74) is 6.69. The van der Waals surface area contributed by atoms with Gasteiger partial charge in [-0.3, -0.25) is 9.97 Å². The van der Waals surface area contributed by atoms with Crippen LogP contribution in [-0.2, 0) is 11.3 Å². The summed E-state index contributed by atoms with van der Waals surface area (Å²) in [4.78, 5) is 23.3. The molecular weight excluding hydrogens is 470 g/mol. The first kappa shape index (κ1) is 23.7. The first-order chi connectivity index (χ1) is 17.5. The summed E-state index contributed by atoms with van der Waals surface area (Å²) in [5.74, 6) is -0.359. The van der Waals surface area contributed by atoms with E-state index in [-0.39, 0.29) is 18.1 Å². The van der Waals surface area contributed by atoms with Crippen molar-refractivity contribution in [2.45, 2.75) is 32.5 Å². The number of methoxy groups -OCH3 is 1. The Morgan fingerprint density at radius 1 is 1.08 bits per heavy atom. The second kappa shape index (κ2) is 9.91. The Morgan fingerprint density at radius 3 is 2.67 bits per heavy atom. The van der Waals surface area contributed by atoms with Crippen molar-refractivity contribution in [1.29, 1.82) is 0 Å². The second-order valence-electron chi connectivity index (χ2n) is 8.82. The van der Waals surface area contributed by atoms with Crippen LogP contribution < -0.4 is 5.32 Å². The Balaban J connectivity index is 1.61. The topological polar surface area (TPSA) is 72.3 Å². The fraction of sp³-hybridized carbons (Fsp3) is 0.214. The average Bonchev–Trinajstić information content (AvgIpc) is 3.39. The van der Waals surface area contributed by atoms with Crippen molar-refractivity contribution < 1.29 is 9.53 Å². The standard InChI is InChI=1S/C28H27N5O2S/c1-18-14-23(19(2)33(18)22-10-6-9-21(15-22)27(34)35-3)26-25(24-11-4-5-13-30-24)31-28(36)32(26)17-20-8-7-12-29-16-20/h4-16,25-26H,17H2,1-3H3,(H,31,36)/t25-,26+/m0/s1. The first-order valence-electron chi connectivity index (χ1n) is 11.7. The summed E-state index contributed by atoms with van der Waals surface area (Å²) in [6.45, 7) is 4.80. The van der Waals surface area contributed by atoms with Crippen molar-refractivity contribution in [2.24, 2.45) is 0 Å². The fourth-order valence-electron chi connectivity index (χ4n) is 4.98. The number of ether oxygens (including phenoxy) is 1. The van der Waals surface area contributed by atoms with Crippen molar-refractivity contribution >= 4 is 23.3 Å². The number of benzene rings is 1. The molecule has 1 aliphatic rings. The van der Waals surface area contributed by atoms with E-state index in [1.807, 2.05) is 54.9 Å². The summed E-state index contributed by atoms with van der Waals surface area (Å²) in [6, 6.07) is 19.4. The molecule has 7 nitrogen and oxygen atoms in total. The number of carbonyl (C=O) groups excluding carboxylic acids is 1. The number of aromatic nitrogens is 3. The van der Waals surface area contributed by atoms with E-state index in [4.69, 9.17) is 17.0 Å². The summed E-state index contributed by atoms with van der Waals surface area (Å²) in [5, 5.41) is 4.20. The van der Waals surface area contributed by atoms with Gasteiger partial charge in [-0.05, 0) is 79.7 Å². The molecule has 1 aliphatic heterocycles. The molecule has 36 heavy (non-hydrogen) atoms. The zero-order chi connectivity index (χ0) is 25.2. The zero-order valence-corrected chi connectivity index (χ0v) is 21.2. The van der Waals surface area contributed by atoms with Crippen LogP contribution in [0, 0.1) is 13.8 Å². The summed E-state index contributed by atoms with van der Waals surface area (Å²) < 4.78 is 7.10. The lowest BCUT2D eigenvalue weighted by atomic mass is 9.96. The fourth-order valence-corrected chi connectivity index (χ4v) is 5.28. The third-order valence-electron chi connectivity index (χ3n) is 6.59. The van der Waals surface area contributed by atoms with Gasteiger partial charge >= 0.3 is 5.97 Å². The normalized spacial score (nSPS) is 17.2. The predicted octanol–water partition coefficient (Wildman–Crippen LogP) is 4.84. The number of pyridine rings is 2. The van der Waals surface area contributed by atoms with Crippen molar-refractivity contribution in [3.8, 4) is 5.69 Å². The monoisotopic (exact) mass is 497 g/mol. The lowest BCUT2D eigenvalue weighted by molar-refractivity contribution is 0.0600. The first-order valence-corrected chi connectivity index (χ1v) is 12.1. The molecule has 1 aromatic carbocycles. The van der Waals surface area contributed by atoms with Gasteiger partial charge in [0.1, 0.15) is 0 Å². The number of esters is 1.